The molecule has 84 heavy (non-hydrogen) atoms. The van der Waals surface area contributed by atoms with Crippen LogP contribution in [0.2, 0.25) is 20.1 Å². The fourth-order valence-corrected chi connectivity index (χ4v) is 17.1. The van der Waals surface area contributed by atoms with Gasteiger partial charge >= 0.3 is 12.0 Å². The Morgan fingerprint density at radius 3 is 1.86 bits per heavy atom. The highest BCUT2D eigenvalue weighted by atomic mass is 35.5. The summed E-state index contributed by atoms with van der Waals surface area (Å²) in [6, 6.07) is 4.03. The first-order valence-corrected chi connectivity index (χ1v) is 30.8. The highest BCUT2D eigenvalue weighted by Crippen LogP contribution is 2.54. The number of piperazine rings is 2. The average molecular weight is 1220 g/mol. The number of anilines is 4. The summed E-state index contributed by atoms with van der Waals surface area (Å²) in [4.78, 5) is 38.7. The maximum Gasteiger partial charge on any atom is 0.319 e. The van der Waals surface area contributed by atoms with Crippen LogP contribution in [0.25, 0.3) is 44.3 Å². The summed E-state index contributed by atoms with van der Waals surface area (Å²) in [7, 11) is 0. The van der Waals surface area contributed by atoms with Crippen LogP contribution in [0, 0.1) is 25.5 Å². The van der Waals surface area contributed by atoms with Gasteiger partial charge in [0.05, 0.1) is 76.5 Å². The summed E-state index contributed by atoms with van der Waals surface area (Å²) >= 11 is 28.7. The fourth-order valence-electron chi connectivity index (χ4n) is 16.1. The van der Waals surface area contributed by atoms with Gasteiger partial charge in [0.15, 0.2) is 23.1 Å². The van der Waals surface area contributed by atoms with Gasteiger partial charge in [0, 0.05) is 50.3 Å². The van der Waals surface area contributed by atoms with Gasteiger partial charge in [-0.05, 0) is 113 Å². The number of aryl methyl sites for hydroxylation is 2. The number of hydrogen-bond acceptors (Lipinski definition) is 18. The fraction of sp³-hybridized carbons (Fsp3) is 0.500. The predicted molar refractivity (Wildman–Crippen MR) is 321 cm³/mol. The monoisotopic (exact) mass is 1220 g/mol. The smallest absolute Gasteiger partial charge is 0.319 e. The zero-order chi connectivity index (χ0) is 57.4. The summed E-state index contributed by atoms with van der Waals surface area (Å²) in [5, 5.41) is 12.4. The van der Waals surface area contributed by atoms with Gasteiger partial charge in [-0.15, -0.1) is 0 Å². The maximum absolute atomic E-state index is 18.1. The number of aromatic nitrogens is 6. The van der Waals surface area contributed by atoms with Gasteiger partial charge in [-0.25, -0.2) is 18.7 Å². The normalized spacial score (nSPS) is 29.2. The van der Waals surface area contributed by atoms with Gasteiger partial charge in [0.1, 0.15) is 66.9 Å². The largest absolute Gasteiger partial charge is 0.489 e. The Labute approximate surface area is 503 Å². The number of rotatable bonds is 10. The van der Waals surface area contributed by atoms with Gasteiger partial charge in [0.2, 0.25) is 0 Å². The highest BCUT2D eigenvalue weighted by Gasteiger charge is 2.53. The highest BCUT2D eigenvalue weighted by molar-refractivity contribution is 6.39. The van der Waals surface area contributed by atoms with E-state index in [9.17, 15) is 0 Å². The van der Waals surface area contributed by atoms with Crippen LogP contribution in [0.3, 0.4) is 0 Å². The van der Waals surface area contributed by atoms with E-state index in [4.69, 9.17) is 96.0 Å². The number of nitrogens with zero attached hydrogens (tertiary/aromatic N) is 10. The van der Waals surface area contributed by atoms with Crippen molar-refractivity contribution in [3.8, 4) is 46.0 Å². The molecule has 0 radical (unpaired) electrons. The van der Waals surface area contributed by atoms with Crippen LogP contribution in [0.4, 0.5) is 32.1 Å². The Morgan fingerprint density at radius 1 is 0.702 bits per heavy atom. The minimum Gasteiger partial charge on any atom is -0.489 e. The number of nitrogens with two attached hydrogens (primary N) is 1. The van der Waals surface area contributed by atoms with E-state index in [0.29, 0.717) is 72.0 Å². The van der Waals surface area contributed by atoms with Crippen molar-refractivity contribution in [2.45, 2.75) is 132 Å². The van der Waals surface area contributed by atoms with E-state index in [1.54, 1.807) is 13.0 Å². The van der Waals surface area contributed by atoms with Gasteiger partial charge in [-0.1, -0.05) is 65.1 Å². The third-order valence-corrected chi connectivity index (χ3v) is 21.7. The van der Waals surface area contributed by atoms with Crippen LogP contribution in [0.1, 0.15) is 75.3 Å². The summed E-state index contributed by atoms with van der Waals surface area (Å²) in [6.07, 6.45) is 8.54. The van der Waals surface area contributed by atoms with Crippen molar-refractivity contribution in [1.29, 1.82) is 0 Å². The molecule has 9 atom stereocenters. The van der Waals surface area contributed by atoms with Crippen LogP contribution < -0.4 is 50.4 Å². The molecular formula is C60H62Cl4F2N14O4. The quantitative estimate of drug-likeness (QED) is 0.0948. The van der Waals surface area contributed by atoms with Gasteiger partial charge < -0.3 is 50.4 Å². The molecule has 8 fully saturated rings. The molecule has 8 saturated heterocycles. The van der Waals surface area contributed by atoms with Crippen LogP contribution in [-0.2, 0) is 0 Å². The van der Waals surface area contributed by atoms with Crippen molar-refractivity contribution >= 4 is 91.5 Å². The minimum atomic E-state index is -0.748. The summed E-state index contributed by atoms with van der Waals surface area (Å²) in [6.45, 7) is 17.4. The molecule has 4 aromatic heterocycles. The predicted octanol–water partition coefficient (Wildman–Crippen LogP) is 9.98. The van der Waals surface area contributed by atoms with Gasteiger partial charge in [0.25, 0.3) is 0 Å². The number of nitrogens with one attached hydrogen (secondary N) is 3. The molecule has 0 saturated carbocycles. The standard InChI is InChI=1S/C60H62Cl4F2N14O4/c1-26-17-59(11-5-13-77(59)19-26)24-83-57-73-51-41-53(82-23-35-33-10-7-30(68-33)20-78(35)55(41)75-57)45(64)39(47(51)66)49-43(62)28(3)16-37(71-49)72-54-29(4)18-60(12-6-14-80(54)60)25-84-58-74-50-40-52(44(63)38(46(50)65)48-42(61)27(2)15-36(67)70-48)81-22-34-32-9-8-31(69-32)21-79(34)56(40)76-58/h15-16,30-35,54,68-69H,1,4-14,17-25H2,2-3H3,(H2,67,70)(H,71,72)/t30-,31-,32+,33+,34-,35-,54?,59+,60+/m1/s1. The zero-order valence-electron chi connectivity index (χ0n) is 46.5. The molecule has 0 aliphatic carbocycles. The Morgan fingerprint density at radius 2 is 1.25 bits per heavy atom. The van der Waals surface area contributed by atoms with Crippen LogP contribution in [-0.4, -0.2) is 152 Å². The molecule has 6 aromatic rings. The second-order valence-corrected chi connectivity index (χ2v) is 26.6. The lowest BCUT2D eigenvalue weighted by atomic mass is 9.94. The van der Waals surface area contributed by atoms with Crippen molar-refractivity contribution in [3.05, 3.63) is 79.3 Å². The number of hydrogen-bond donors (Lipinski definition) is 4. The lowest BCUT2D eigenvalue weighted by Crippen LogP contribution is -2.60. The topological polar surface area (TPSA) is 189 Å². The van der Waals surface area contributed by atoms with Crippen molar-refractivity contribution < 1.29 is 27.7 Å². The summed E-state index contributed by atoms with van der Waals surface area (Å²) < 4.78 is 62.4. The molecule has 18 nitrogen and oxygen atoms in total. The minimum absolute atomic E-state index is 0.00273. The number of nitrogen functional groups attached to an aromatic ring is 1. The van der Waals surface area contributed by atoms with E-state index in [1.807, 2.05) is 13.0 Å². The summed E-state index contributed by atoms with van der Waals surface area (Å²) in [5.74, 6) is 0.669. The molecular weight excluding hydrogens is 1160 g/mol. The van der Waals surface area contributed by atoms with Crippen molar-refractivity contribution in [2.24, 2.45) is 0 Å². The second-order valence-electron chi connectivity index (χ2n) is 25.1. The average Bonchev–Trinajstić information content (AvgIpc) is 2.48. The number of ether oxygens (including phenoxy) is 4. The number of benzene rings is 2. The Bertz CT molecular complexity index is 3880. The lowest BCUT2D eigenvalue weighted by Gasteiger charge is -2.40. The van der Waals surface area contributed by atoms with E-state index in [2.05, 4.69) is 53.7 Å². The van der Waals surface area contributed by atoms with Crippen LogP contribution in [0.5, 0.6) is 23.5 Å². The van der Waals surface area contributed by atoms with Crippen molar-refractivity contribution in [2.75, 3.05) is 80.0 Å². The first kappa shape index (κ1) is 53.6. The molecule has 10 aliphatic rings. The molecule has 24 heteroatoms. The number of fused-ring (bicyclic) bond motifs is 12. The molecule has 10 aliphatic heterocycles. The molecule has 0 amide bonds. The third kappa shape index (κ3) is 8.12. The molecule has 438 valence electrons. The van der Waals surface area contributed by atoms with Gasteiger partial charge in [-0.2, -0.15) is 19.9 Å². The Kier molecular flexibility index (Phi) is 12.5. The van der Waals surface area contributed by atoms with Crippen molar-refractivity contribution in [1.82, 2.24) is 50.3 Å². The zero-order valence-corrected chi connectivity index (χ0v) is 49.5. The molecule has 2 aromatic carbocycles. The Balaban J connectivity index is 0.736. The molecule has 4 bridgehead atoms. The maximum atomic E-state index is 18.1. The number of halogens is 6. The Hall–Kier alpha value is -5.84. The first-order valence-electron chi connectivity index (χ1n) is 29.3. The van der Waals surface area contributed by atoms with Crippen LogP contribution >= 0.6 is 46.4 Å². The molecule has 5 N–H and O–H groups in total. The molecule has 14 heterocycles. The second kappa shape index (κ2) is 19.6. The van der Waals surface area contributed by atoms with E-state index in [1.165, 1.54) is 5.57 Å². The molecule has 1 unspecified atom stereocenters. The summed E-state index contributed by atoms with van der Waals surface area (Å²) in [5.41, 5.74) is 8.83. The van der Waals surface area contributed by atoms with E-state index >= 15 is 8.78 Å². The SMILES string of the molecule is C=C1CN2CCC[C@@]2(COc2nc3c4c(c(Cl)c(-c5nc(NC6C(=C)C[C@]7(COc8nc9c%10c(c(Cl)c(-c%11nc(N)cc(C)c%11Cl)c(F)c%10n8)OC[C@@H]8[C@@H]%10CC[C@H](CN98)N%10)CCCN67)cc(C)c5Cl)c(F)c4n2)OC[C@@H]2[C@@H]4CC[C@H](CN32)N4)C1. The van der Waals surface area contributed by atoms with Crippen LogP contribution in [0.15, 0.2) is 36.4 Å². The van der Waals surface area contributed by atoms with E-state index in [0.717, 1.165) is 76.5 Å². The van der Waals surface area contributed by atoms with Gasteiger partial charge in [-0.3, -0.25) is 9.80 Å². The first-order chi connectivity index (χ1) is 40.5. The molecule has 16 rings (SSSR count). The van der Waals surface area contributed by atoms with E-state index in [-0.39, 0.29) is 145 Å². The van der Waals surface area contributed by atoms with E-state index < -0.39 is 23.3 Å². The third-order valence-electron chi connectivity index (χ3n) is 20.0. The lowest BCUT2D eigenvalue weighted by molar-refractivity contribution is 0.0909. The van der Waals surface area contributed by atoms with Crippen molar-refractivity contribution in [3.63, 3.8) is 0 Å². The molecule has 0 spiro atoms. The number of pyridine rings is 2.